The Hall–Kier alpha value is -0.582. The molecule has 0 aromatic rings. The molecule has 0 aliphatic rings. The molecule has 0 atom stereocenters. The number of unbranched alkanes of at least 4 members (excludes halogenated alkanes) is 3. The fraction of sp³-hybridized carbons (Fsp3) is 0.750. The van der Waals surface area contributed by atoms with Crippen molar-refractivity contribution in [1.29, 1.82) is 0 Å². The van der Waals surface area contributed by atoms with Gasteiger partial charge in [0.05, 0.1) is 0 Å². The van der Waals surface area contributed by atoms with Crippen molar-refractivity contribution in [2.45, 2.75) is 59.3 Å². The summed E-state index contributed by atoms with van der Waals surface area (Å²) < 4.78 is 21.2. The summed E-state index contributed by atoms with van der Waals surface area (Å²) >= 11 is -2.96. The molecule has 0 saturated heterocycles. The molecular formula is C16H29O6Sb. The summed E-state index contributed by atoms with van der Waals surface area (Å²) in [6, 6.07) is 0. The van der Waals surface area contributed by atoms with Crippen molar-refractivity contribution in [1.82, 2.24) is 0 Å². The summed E-state index contributed by atoms with van der Waals surface area (Å²) in [4.78, 5) is 23.1. The molecule has 0 spiro atoms. The van der Waals surface area contributed by atoms with E-state index in [0.29, 0.717) is 19.8 Å². The van der Waals surface area contributed by atoms with E-state index in [9.17, 15) is 9.59 Å². The molecule has 6 nitrogen and oxygen atoms in total. The molecule has 0 radical (unpaired) electrons. The first-order chi connectivity index (χ1) is 11.1. The zero-order valence-corrected chi connectivity index (χ0v) is 17.0. The quantitative estimate of drug-likeness (QED) is 0.179. The Kier molecular flexibility index (Phi) is 15.9. The number of hydrogen-bond donors (Lipinski definition) is 0. The van der Waals surface area contributed by atoms with Crippen molar-refractivity contribution in [2.24, 2.45) is 0 Å². The van der Waals surface area contributed by atoms with E-state index in [0.717, 1.165) is 50.7 Å². The van der Waals surface area contributed by atoms with E-state index in [4.69, 9.17) is 13.8 Å². The predicted molar refractivity (Wildman–Crippen MR) is 88.6 cm³/mol. The predicted octanol–water partition coefficient (Wildman–Crippen LogP) is 3.05. The number of hydrogen-bond acceptors (Lipinski definition) is 6. The Morgan fingerprint density at radius 1 is 0.783 bits per heavy atom. The minimum absolute atomic E-state index is 0.356. The van der Waals surface area contributed by atoms with Gasteiger partial charge in [-0.15, -0.1) is 0 Å². The van der Waals surface area contributed by atoms with Crippen LogP contribution in [0.3, 0.4) is 0 Å². The molecule has 0 aromatic heterocycles. The first-order valence-electron chi connectivity index (χ1n) is 8.26. The molecule has 0 aliphatic heterocycles. The third-order valence-corrected chi connectivity index (χ3v) is 5.84. The normalized spacial score (nSPS) is 11.1. The number of ether oxygens (including phenoxy) is 1. The first kappa shape index (κ1) is 22.4. The van der Waals surface area contributed by atoms with Crippen LogP contribution in [0.2, 0.25) is 0 Å². The Balaban J connectivity index is 4.19. The van der Waals surface area contributed by atoms with E-state index in [1.54, 1.807) is 0 Å². The molecule has 0 aliphatic carbocycles. The molecule has 0 saturated carbocycles. The van der Waals surface area contributed by atoms with E-state index in [-0.39, 0.29) is 0 Å². The fourth-order valence-corrected chi connectivity index (χ4v) is 3.96. The number of esters is 1. The van der Waals surface area contributed by atoms with Crippen LogP contribution in [0, 0.1) is 0 Å². The molecule has 0 N–H and O–H groups in total. The Morgan fingerprint density at radius 3 is 1.78 bits per heavy atom. The van der Waals surface area contributed by atoms with E-state index in [1.165, 1.54) is 0 Å². The summed E-state index contributed by atoms with van der Waals surface area (Å²) in [6.07, 6.45) is 7.69. The van der Waals surface area contributed by atoms with Crippen LogP contribution in [0.5, 0.6) is 0 Å². The Bertz CT molecular complexity index is 335. The Labute approximate surface area is 148 Å². The zero-order chi connectivity index (χ0) is 17.3. The second-order valence-electron chi connectivity index (χ2n) is 4.86. The fourth-order valence-electron chi connectivity index (χ4n) is 1.26. The van der Waals surface area contributed by atoms with Gasteiger partial charge in [-0.1, -0.05) is 0 Å². The van der Waals surface area contributed by atoms with Gasteiger partial charge in [-0.25, -0.2) is 0 Å². The van der Waals surface area contributed by atoms with Gasteiger partial charge in [0.1, 0.15) is 0 Å². The first-order valence-corrected chi connectivity index (χ1v) is 11.4. The van der Waals surface area contributed by atoms with Crippen molar-refractivity contribution in [3.05, 3.63) is 12.2 Å². The third-order valence-electron chi connectivity index (χ3n) is 2.65. The summed E-state index contributed by atoms with van der Waals surface area (Å²) in [5, 5.41) is 0. The standard InChI is InChI=1S/C8H12O4.2C4H9O.Sb/c1-2-3-6-12-8(11)5-4-7(9)10;2*1-2-3-4-5;/h4-5H,2-3,6H2,1H3,(H,9,10);2*2-4H2,1H3;/q;2*-1;+3/p-1/b5-4-;;;. The summed E-state index contributed by atoms with van der Waals surface area (Å²) in [5.41, 5.74) is 0. The van der Waals surface area contributed by atoms with E-state index in [2.05, 4.69) is 13.8 Å². The Morgan fingerprint density at radius 2 is 1.26 bits per heavy atom. The number of rotatable bonds is 14. The van der Waals surface area contributed by atoms with Gasteiger partial charge in [-0.05, 0) is 0 Å². The minimum atomic E-state index is -2.96. The van der Waals surface area contributed by atoms with Crippen molar-refractivity contribution >= 4 is 33.4 Å². The zero-order valence-electron chi connectivity index (χ0n) is 14.4. The average Bonchev–Trinajstić information content (AvgIpc) is 2.53. The maximum absolute atomic E-state index is 11.7. The van der Waals surface area contributed by atoms with Gasteiger partial charge in [0.15, 0.2) is 0 Å². The van der Waals surface area contributed by atoms with E-state index < -0.39 is 33.4 Å². The molecule has 7 heteroatoms. The van der Waals surface area contributed by atoms with Crippen LogP contribution in [0.15, 0.2) is 12.2 Å². The average molecular weight is 439 g/mol. The monoisotopic (exact) mass is 438 g/mol. The summed E-state index contributed by atoms with van der Waals surface area (Å²) in [5.74, 6) is -1.16. The van der Waals surface area contributed by atoms with Crippen LogP contribution in [-0.2, 0) is 23.4 Å². The SMILES string of the molecule is CCCCOC(=O)/C=C\C(=O)[O][Sb]([O]CCCC)[O]CCCC. The molecular weight excluding hydrogens is 410 g/mol. The molecule has 0 amide bonds. The van der Waals surface area contributed by atoms with Crippen LogP contribution in [0.1, 0.15) is 59.3 Å². The van der Waals surface area contributed by atoms with E-state index in [1.807, 2.05) is 6.92 Å². The molecule has 0 fully saturated rings. The van der Waals surface area contributed by atoms with Gasteiger partial charge in [-0.3, -0.25) is 0 Å². The van der Waals surface area contributed by atoms with Crippen molar-refractivity contribution in [3.8, 4) is 0 Å². The number of carbonyl (C=O) groups is 2. The van der Waals surface area contributed by atoms with Crippen LogP contribution in [0.4, 0.5) is 0 Å². The topological polar surface area (TPSA) is 71.1 Å². The van der Waals surface area contributed by atoms with Gasteiger partial charge in [-0.2, -0.15) is 0 Å². The van der Waals surface area contributed by atoms with Gasteiger partial charge < -0.3 is 0 Å². The van der Waals surface area contributed by atoms with Gasteiger partial charge >= 0.3 is 148 Å². The summed E-state index contributed by atoms with van der Waals surface area (Å²) in [7, 11) is 0. The molecule has 0 bridgehead atoms. The molecule has 134 valence electrons. The van der Waals surface area contributed by atoms with Crippen LogP contribution in [0.25, 0.3) is 0 Å². The van der Waals surface area contributed by atoms with Crippen molar-refractivity contribution in [2.75, 3.05) is 19.8 Å². The summed E-state index contributed by atoms with van der Waals surface area (Å²) in [6.45, 7) is 7.53. The molecule has 0 heterocycles. The molecule has 23 heavy (non-hydrogen) atoms. The maximum atomic E-state index is 11.7. The molecule has 0 unspecified atom stereocenters. The van der Waals surface area contributed by atoms with Gasteiger partial charge in [0, 0.05) is 0 Å². The molecule has 0 aromatic carbocycles. The van der Waals surface area contributed by atoms with Crippen LogP contribution >= 0.6 is 0 Å². The van der Waals surface area contributed by atoms with Crippen LogP contribution in [-0.4, -0.2) is 53.2 Å². The molecule has 0 rings (SSSR count). The third kappa shape index (κ3) is 14.7. The van der Waals surface area contributed by atoms with Crippen molar-refractivity contribution < 1.29 is 23.4 Å². The number of carbonyl (C=O) groups excluding carboxylic acids is 2. The second-order valence-corrected chi connectivity index (χ2v) is 8.13. The van der Waals surface area contributed by atoms with Crippen molar-refractivity contribution in [3.63, 3.8) is 0 Å². The van der Waals surface area contributed by atoms with Gasteiger partial charge in [0.25, 0.3) is 0 Å². The van der Waals surface area contributed by atoms with E-state index >= 15 is 0 Å². The van der Waals surface area contributed by atoms with Crippen LogP contribution < -0.4 is 0 Å². The second kappa shape index (κ2) is 16.3. The van der Waals surface area contributed by atoms with Gasteiger partial charge in [0.2, 0.25) is 0 Å².